The predicted molar refractivity (Wildman–Crippen MR) is 66.2 cm³/mol. The fraction of sp³-hybridized carbons (Fsp3) is 0.182. The van der Waals surface area contributed by atoms with Crippen LogP contribution in [0.2, 0.25) is 0 Å². The molecule has 1 amide bonds. The summed E-state index contributed by atoms with van der Waals surface area (Å²) >= 11 is 0. The van der Waals surface area contributed by atoms with Crippen molar-refractivity contribution in [2.75, 3.05) is 17.2 Å². The van der Waals surface area contributed by atoms with Crippen LogP contribution in [-0.2, 0) is 0 Å². The fourth-order valence-corrected chi connectivity index (χ4v) is 1.27. The number of carbonyl (C=O) groups is 1. The van der Waals surface area contributed by atoms with E-state index in [1.54, 1.807) is 12.1 Å². The molecule has 0 spiro atoms. The van der Waals surface area contributed by atoms with Crippen molar-refractivity contribution < 1.29 is 4.79 Å². The van der Waals surface area contributed by atoms with Gasteiger partial charge < -0.3 is 10.6 Å². The number of anilines is 2. The third-order valence-electron chi connectivity index (χ3n) is 2.06. The number of carbonyl (C=O) groups excluding carboxylic acids is 1. The van der Waals surface area contributed by atoms with Gasteiger partial charge in [-0.05, 0) is 19.1 Å². The molecule has 18 heavy (non-hydrogen) atoms. The van der Waals surface area contributed by atoms with Crippen LogP contribution in [0, 0.1) is 0 Å². The van der Waals surface area contributed by atoms with Crippen LogP contribution in [0.25, 0.3) is 0 Å². The van der Waals surface area contributed by atoms with Gasteiger partial charge in [0, 0.05) is 18.9 Å². The number of rotatable bonds is 4. The van der Waals surface area contributed by atoms with Gasteiger partial charge in [-0.3, -0.25) is 9.78 Å². The Morgan fingerprint density at radius 3 is 2.72 bits per heavy atom. The van der Waals surface area contributed by atoms with E-state index in [4.69, 9.17) is 0 Å². The molecule has 2 aromatic rings. The number of hydrogen-bond donors (Lipinski definition) is 2. The van der Waals surface area contributed by atoms with Gasteiger partial charge in [-0.2, -0.15) is 0 Å². The van der Waals surface area contributed by atoms with Crippen molar-refractivity contribution in [3.8, 4) is 0 Å². The highest BCUT2D eigenvalue weighted by Gasteiger charge is 2.08. The van der Waals surface area contributed by atoms with Crippen LogP contribution in [0.1, 0.15) is 17.4 Å². The van der Waals surface area contributed by atoms with Crippen LogP contribution < -0.4 is 10.6 Å². The molecule has 0 aliphatic carbocycles. The van der Waals surface area contributed by atoms with Crippen LogP contribution in [0.3, 0.4) is 0 Å². The van der Waals surface area contributed by atoms with E-state index in [9.17, 15) is 4.79 Å². The maximum atomic E-state index is 11.8. The molecule has 7 nitrogen and oxygen atoms in total. The minimum atomic E-state index is -0.369. The van der Waals surface area contributed by atoms with Crippen molar-refractivity contribution in [1.82, 2.24) is 20.2 Å². The second-order valence-electron chi connectivity index (χ2n) is 3.38. The SMILES string of the molecule is CCNc1ccc(C(=O)Nc2cnccn2)nn1. The Hall–Kier alpha value is -2.57. The minimum absolute atomic E-state index is 0.224. The topological polar surface area (TPSA) is 92.7 Å². The molecule has 2 N–H and O–H groups in total. The summed E-state index contributed by atoms with van der Waals surface area (Å²) in [5.74, 6) is 0.639. The Bertz CT molecular complexity index is 513. The Balaban J connectivity index is 2.05. The van der Waals surface area contributed by atoms with E-state index in [-0.39, 0.29) is 11.6 Å². The van der Waals surface area contributed by atoms with Crippen LogP contribution in [-0.4, -0.2) is 32.6 Å². The lowest BCUT2D eigenvalue weighted by molar-refractivity contribution is 0.102. The van der Waals surface area contributed by atoms with Gasteiger partial charge in [-0.1, -0.05) is 0 Å². The van der Waals surface area contributed by atoms with Gasteiger partial charge in [0.25, 0.3) is 5.91 Å². The Morgan fingerprint density at radius 1 is 1.22 bits per heavy atom. The zero-order valence-electron chi connectivity index (χ0n) is 9.79. The molecule has 0 aliphatic heterocycles. The molecule has 0 saturated heterocycles. The molecule has 0 fully saturated rings. The Kier molecular flexibility index (Phi) is 3.75. The Morgan fingerprint density at radius 2 is 2.11 bits per heavy atom. The molecule has 7 heteroatoms. The van der Waals surface area contributed by atoms with Crippen molar-refractivity contribution in [3.05, 3.63) is 36.4 Å². The number of amides is 1. The van der Waals surface area contributed by atoms with E-state index in [1.807, 2.05) is 6.92 Å². The molecular weight excluding hydrogens is 232 g/mol. The van der Waals surface area contributed by atoms with E-state index in [0.717, 1.165) is 6.54 Å². The summed E-state index contributed by atoms with van der Waals surface area (Å²) in [6, 6.07) is 3.29. The summed E-state index contributed by atoms with van der Waals surface area (Å²) in [6.07, 6.45) is 4.48. The zero-order chi connectivity index (χ0) is 12.8. The predicted octanol–water partition coefficient (Wildman–Crippen LogP) is 0.951. The summed E-state index contributed by atoms with van der Waals surface area (Å²) in [6.45, 7) is 2.70. The standard InChI is InChI=1S/C11H12N6O/c1-2-13-9-4-3-8(16-17-9)11(18)15-10-7-12-5-6-14-10/h3-7H,2H2,1H3,(H,13,17)(H,14,15,18). The highest BCUT2D eigenvalue weighted by atomic mass is 16.2. The van der Waals surface area contributed by atoms with Gasteiger partial charge in [-0.15, -0.1) is 10.2 Å². The molecule has 0 saturated carbocycles. The first kappa shape index (κ1) is 11.9. The molecule has 0 bridgehead atoms. The van der Waals surface area contributed by atoms with Crippen LogP contribution in [0.4, 0.5) is 11.6 Å². The third-order valence-corrected chi connectivity index (χ3v) is 2.06. The van der Waals surface area contributed by atoms with Crippen molar-refractivity contribution in [3.63, 3.8) is 0 Å². The highest BCUT2D eigenvalue weighted by Crippen LogP contribution is 2.04. The molecule has 2 heterocycles. The molecule has 0 aliphatic rings. The molecule has 92 valence electrons. The summed E-state index contributed by atoms with van der Waals surface area (Å²) in [7, 11) is 0. The van der Waals surface area contributed by atoms with Crippen LogP contribution in [0.15, 0.2) is 30.7 Å². The van der Waals surface area contributed by atoms with Gasteiger partial charge in [0.1, 0.15) is 5.82 Å². The second kappa shape index (κ2) is 5.67. The summed E-state index contributed by atoms with van der Waals surface area (Å²) in [4.78, 5) is 19.6. The first-order chi connectivity index (χ1) is 8.79. The summed E-state index contributed by atoms with van der Waals surface area (Å²) in [5.41, 5.74) is 0.224. The van der Waals surface area contributed by atoms with Crippen molar-refractivity contribution in [1.29, 1.82) is 0 Å². The second-order valence-corrected chi connectivity index (χ2v) is 3.38. The number of nitrogens with zero attached hydrogens (tertiary/aromatic N) is 4. The largest absolute Gasteiger partial charge is 0.369 e. The summed E-state index contributed by atoms with van der Waals surface area (Å²) in [5, 5.41) is 13.3. The molecule has 2 aromatic heterocycles. The van der Waals surface area contributed by atoms with E-state index < -0.39 is 0 Å². The lowest BCUT2D eigenvalue weighted by Crippen LogP contribution is -2.15. The zero-order valence-corrected chi connectivity index (χ0v) is 9.79. The van der Waals surface area contributed by atoms with E-state index in [0.29, 0.717) is 11.6 Å². The fourth-order valence-electron chi connectivity index (χ4n) is 1.27. The van der Waals surface area contributed by atoms with Crippen molar-refractivity contribution in [2.45, 2.75) is 6.92 Å². The lowest BCUT2D eigenvalue weighted by atomic mass is 10.3. The smallest absolute Gasteiger partial charge is 0.277 e. The number of aromatic nitrogens is 4. The van der Waals surface area contributed by atoms with E-state index in [2.05, 4.69) is 30.8 Å². The molecule has 2 rings (SSSR count). The normalized spacial score (nSPS) is 9.83. The van der Waals surface area contributed by atoms with Crippen molar-refractivity contribution in [2.24, 2.45) is 0 Å². The minimum Gasteiger partial charge on any atom is -0.369 e. The van der Waals surface area contributed by atoms with Gasteiger partial charge in [0.05, 0.1) is 6.20 Å². The van der Waals surface area contributed by atoms with Crippen LogP contribution >= 0.6 is 0 Å². The average Bonchev–Trinajstić information content (AvgIpc) is 2.41. The maximum Gasteiger partial charge on any atom is 0.277 e. The van der Waals surface area contributed by atoms with E-state index >= 15 is 0 Å². The van der Waals surface area contributed by atoms with E-state index in [1.165, 1.54) is 18.6 Å². The first-order valence-electron chi connectivity index (χ1n) is 5.44. The highest BCUT2D eigenvalue weighted by molar-refractivity contribution is 6.02. The van der Waals surface area contributed by atoms with Crippen LogP contribution in [0.5, 0.6) is 0 Å². The van der Waals surface area contributed by atoms with Gasteiger partial charge in [-0.25, -0.2) is 4.98 Å². The molecule has 0 radical (unpaired) electrons. The number of nitrogens with one attached hydrogen (secondary N) is 2. The third kappa shape index (κ3) is 2.97. The van der Waals surface area contributed by atoms with Crippen molar-refractivity contribution >= 4 is 17.5 Å². The van der Waals surface area contributed by atoms with Gasteiger partial charge in [0.2, 0.25) is 0 Å². The molecular formula is C11H12N6O. The Labute approximate surface area is 104 Å². The first-order valence-corrected chi connectivity index (χ1v) is 5.44. The molecule has 0 atom stereocenters. The average molecular weight is 244 g/mol. The summed E-state index contributed by atoms with van der Waals surface area (Å²) < 4.78 is 0. The lowest BCUT2D eigenvalue weighted by Gasteiger charge is -2.03. The quantitative estimate of drug-likeness (QED) is 0.831. The maximum absolute atomic E-state index is 11.8. The number of hydrogen-bond acceptors (Lipinski definition) is 6. The molecule has 0 aromatic carbocycles. The van der Waals surface area contributed by atoms with Gasteiger partial charge in [0.15, 0.2) is 11.5 Å². The van der Waals surface area contributed by atoms with Gasteiger partial charge >= 0.3 is 0 Å². The monoisotopic (exact) mass is 244 g/mol. The molecule has 0 unspecified atom stereocenters.